The topological polar surface area (TPSA) is 34.9 Å². The number of aldehydes is 1. The van der Waals surface area contributed by atoms with Crippen molar-refractivity contribution in [3.8, 4) is 10.7 Å². The zero-order chi connectivity index (χ0) is 14.2. The highest BCUT2D eigenvalue weighted by molar-refractivity contribution is 7.16. The van der Waals surface area contributed by atoms with Crippen molar-refractivity contribution in [1.82, 2.24) is 9.55 Å². The number of carbonyl (C=O) groups is 1. The number of halogens is 3. The first-order chi connectivity index (χ1) is 8.82. The minimum atomic E-state index is -4.47. The first kappa shape index (κ1) is 13.8. The molecule has 0 aliphatic carbocycles. The van der Waals surface area contributed by atoms with Crippen molar-refractivity contribution < 1.29 is 18.0 Å². The van der Waals surface area contributed by atoms with Crippen molar-refractivity contribution in [1.29, 1.82) is 0 Å². The molecule has 0 N–H and O–H groups in total. The van der Waals surface area contributed by atoms with E-state index in [1.807, 2.05) is 0 Å². The lowest BCUT2D eigenvalue weighted by molar-refractivity contribution is -0.140. The van der Waals surface area contributed by atoms with Crippen molar-refractivity contribution in [3.63, 3.8) is 0 Å². The highest BCUT2D eigenvalue weighted by Gasteiger charge is 2.35. The monoisotopic (exact) mass is 288 g/mol. The Morgan fingerprint density at radius 2 is 2.05 bits per heavy atom. The lowest BCUT2D eigenvalue weighted by atomic mass is 10.3. The SMILES string of the molecule is CC(C)n1cc(C(F)(F)F)nc1-c1ccc(C=O)s1. The Morgan fingerprint density at radius 3 is 2.53 bits per heavy atom. The normalized spacial score (nSPS) is 12.1. The summed E-state index contributed by atoms with van der Waals surface area (Å²) in [6, 6.07) is 3.02. The average molecular weight is 288 g/mol. The van der Waals surface area contributed by atoms with Crippen LogP contribution in [0, 0.1) is 0 Å². The van der Waals surface area contributed by atoms with E-state index in [0.717, 1.165) is 17.5 Å². The molecule has 19 heavy (non-hydrogen) atoms. The standard InChI is InChI=1S/C12H11F3N2OS/c1-7(2)17-5-10(12(13,14)15)16-11(17)9-4-3-8(6-18)19-9/h3-7H,1-2H3. The van der Waals surface area contributed by atoms with Gasteiger partial charge in [-0.3, -0.25) is 4.79 Å². The van der Waals surface area contributed by atoms with Crippen LogP contribution in [0.1, 0.15) is 35.3 Å². The molecule has 0 unspecified atom stereocenters. The Balaban J connectivity index is 2.54. The molecule has 0 amide bonds. The van der Waals surface area contributed by atoms with Crippen molar-refractivity contribution >= 4 is 17.6 Å². The summed E-state index contributed by atoms with van der Waals surface area (Å²) < 4.78 is 39.6. The fraction of sp³-hybridized carbons (Fsp3) is 0.333. The Hall–Kier alpha value is -1.63. The quantitative estimate of drug-likeness (QED) is 0.799. The van der Waals surface area contributed by atoms with E-state index in [9.17, 15) is 18.0 Å². The molecule has 0 saturated heterocycles. The van der Waals surface area contributed by atoms with E-state index in [4.69, 9.17) is 0 Å². The Bertz CT molecular complexity index is 598. The maximum atomic E-state index is 12.7. The summed E-state index contributed by atoms with van der Waals surface area (Å²) in [6.07, 6.45) is -2.80. The minimum absolute atomic E-state index is 0.152. The summed E-state index contributed by atoms with van der Waals surface area (Å²) in [6.45, 7) is 3.55. The second-order valence-corrected chi connectivity index (χ2v) is 5.38. The van der Waals surface area contributed by atoms with Gasteiger partial charge in [0, 0.05) is 12.2 Å². The van der Waals surface area contributed by atoms with E-state index >= 15 is 0 Å². The van der Waals surface area contributed by atoms with Crippen LogP contribution in [0.15, 0.2) is 18.3 Å². The zero-order valence-corrected chi connectivity index (χ0v) is 11.0. The molecule has 0 aliphatic heterocycles. The smallest absolute Gasteiger partial charge is 0.327 e. The van der Waals surface area contributed by atoms with Crippen LogP contribution < -0.4 is 0 Å². The third-order valence-corrected chi connectivity index (χ3v) is 3.55. The minimum Gasteiger partial charge on any atom is -0.327 e. The predicted molar refractivity (Wildman–Crippen MR) is 66.3 cm³/mol. The number of aromatic nitrogens is 2. The second kappa shape index (κ2) is 4.80. The summed E-state index contributed by atoms with van der Waals surface area (Å²) in [5.41, 5.74) is -0.919. The van der Waals surface area contributed by atoms with Crippen molar-refractivity contribution in [3.05, 3.63) is 28.9 Å². The molecule has 0 aliphatic rings. The largest absolute Gasteiger partial charge is 0.434 e. The van der Waals surface area contributed by atoms with Gasteiger partial charge < -0.3 is 4.57 Å². The highest BCUT2D eigenvalue weighted by atomic mass is 32.1. The summed E-state index contributed by atoms with van der Waals surface area (Å²) in [5.74, 6) is 0.237. The second-order valence-electron chi connectivity index (χ2n) is 4.27. The lowest BCUT2D eigenvalue weighted by Gasteiger charge is -2.09. The van der Waals surface area contributed by atoms with Gasteiger partial charge in [0.15, 0.2) is 17.8 Å². The van der Waals surface area contributed by atoms with Crippen LogP contribution in [0.4, 0.5) is 13.2 Å². The Labute approximate surface area is 111 Å². The number of hydrogen-bond donors (Lipinski definition) is 0. The van der Waals surface area contributed by atoms with Crippen molar-refractivity contribution in [2.45, 2.75) is 26.1 Å². The van der Waals surface area contributed by atoms with Crippen LogP contribution in [-0.4, -0.2) is 15.8 Å². The summed E-state index contributed by atoms with van der Waals surface area (Å²) in [5, 5.41) is 0. The molecule has 0 saturated carbocycles. The van der Waals surface area contributed by atoms with E-state index in [1.165, 1.54) is 4.57 Å². The maximum absolute atomic E-state index is 12.7. The molecule has 2 aromatic rings. The van der Waals surface area contributed by atoms with Gasteiger partial charge in [0.05, 0.1) is 9.75 Å². The molecule has 0 spiro atoms. The van der Waals surface area contributed by atoms with Gasteiger partial charge in [-0.2, -0.15) is 13.2 Å². The van der Waals surface area contributed by atoms with Crippen molar-refractivity contribution in [2.24, 2.45) is 0 Å². The molecule has 2 aromatic heterocycles. The fourth-order valence-corrected chi connectivity index (χ4v) is 2.46. The Morgan fingerprint density at radius 1 is 1.37 bits per heavy atom. The van der Waals surface area contributed by atoms with Crippen LogP contribution in [0.3, 0.4) is 0 Å². The van der Waals surface area contributed by atoms with Crippen LogP contribution in [0.5, 0.6) is 0 Å². The molecule has 2 rings (SSSR count). The molecular weight excluding hydrogens is 277 g/mol. The van der Waals surface area contributed by atoms with E-state index < -0.39 is 11.9 Å². The van der Waals surface area contributed by atoms with Crippen LogP contribution in [0.25, 0.3) is 10.7 Å². The number of alkyl halides is 3. The molecule has 7 heteroatoms. The molecular formula is C12H11F3N2OS. The molecule has 0 bridgehead atoms. The van der Waals surface area contributed by atoms with Gasteiger partial charge in [-0.05, 0) is 26.0 Å². The molecule has 102 valence electrons. The zero-order valence-electron chi connectivity index (χ0n) is 10.2. The van der Waals surface area contributed by atoms with E-state index in [0.29, 0.717) is 16.0 Å². The third kappa shape index (κ3) is 2.70. The Kier molecular flexibility index (Phi) is 3.49. The van der Waals surface area contributed by atoms with Crippen LogP contribution >= 0.6 is 11.3 Å². The lowest BCUT2D eigenvalue weighted by Crippen LogP contribution is -2.05. The first-order valence-corrected chi connectivity index (χ1v) is 6.36. The third-order valence-electron chi connectivity index (χ3n) is 2.54. The molecule has 0 fully saturated rings. The van der Waals surface area contributed by atoms with E-state index in [1.54, 1.807) is 26.0 Å². The number of imidazole rings is 1. The maximum Gasteiger partial charge on any atom is 0.434 e. The molecule has 3 nitrogen and oxygen atoms in total. The number of carbonyl (C=O) groups excluding carboxylic acids is 1. The molecule has 2 heterocycles. The van der Waals surface area contributed by atoms with E-state index in [2.05, 4.69) is 4.98 Å². The summed E-state index contributed by atoms with van der Waals surface area (Å²) in [4.78, 5) is 15.3. The van der Waals surface area contributed by atoms with Gasteiger partial charge >= 0.3 is 6.18 Å². The van der Waals surface area contributed by atoms with Gasteiger partial charge in [-0.15, -0.1) is 11.3 Å². The number of hydrogen-bond acceptors (Lipinski definition) is 3. The van der Waals surface area contributed by atoms with Gasteiger partial charge in [-0.25, -0.2) is 4.98 Å². The molecule has 0 atom stereocenters. The molecule has 0 aromatic carbocycles. The van der Waals surface area contributed by atoms with Crippen LogP contribution in [0.2, 0.25) is 0 Å². The van der Waals surface area contributed by atoms with Gasteiger partial charge in [0.25, 0.3) is 0 Å². The van der Waals surface area contributed by atoms with Gasteiger partial charge in [-0.1, -0.05) is 0 Å². The van der Waals surface area contributed by atoms with Gasteiger partial charge in [0.2, 0.25) is 0 Å². The van der Waals surface area contributed by atoms with Gasteiger partial charge in [0.1, 0.15) is 0 Å². The molecule has 0 radical (unpaired) electrons. The average Bonchev–Trinajstić information content (AvgIpc) is 2.94. The van der Waals surface area contributed by atoms with Crippen LogP contribution in [-0.2, 0) is 6.18 Å². The fourth-order valence-electron chi connectivity index (χ4n) is 1.64. The highest BCUT2D eigenvalue weighted by Crippen LogP contribution is 2.34. The summed E-state index contributed by atoms with van der Waals surface area (Å²) in [7, 11) is 0. The number of nitrogens with zero attached hydrogens (tertiary/aromatic N) is 2. The summed E-state index contributed by atoms with van der Waals surface area (Å²) >= 11 is 1.12. The predicted octanol–water partition coefficient (Wildman–Crippen LogP) is 4.02. The number of thiophene rings is 1. The van der Waals surface area contributed by atoms with Crippen molar-refractivity contribution in [2.75, 3.05) is 0 Å². The first-order valence-electron chi connectivity index (χ1n) is 5.54. The number of rotatable bonds is 3. The van der Waals surface area contributed by atoms with E-state index in [-0.39, 0.29) is 11.9 Å².